The highest BCUT2D eigenvalue weighted by Crippen LogP contribution is 2.28. The minimum atomic E-state index is -0.661. The lowest BCUT2D eigenvalue weighted by molar-refractivity contribution is -0.140. The number of carbonyl (C=O) groups excluding carboxylic acids is 2. The minimum absolute atomic E-state index is 0.00589. The van der Waals surface area contributed by atoms with E-state index >= 15 is 0 Å². The van der Waals surface area contributed by atoms with Crippen LogP contribution >= 0.6 is 0 Å². The van der Waals surface area contributed by atoms with E-state index in [1.807, 2.05) is 0 Å². The molecule has 1 saturated heterocycles. The Morgan fingerprint density at radius 2 is 1.56 bits per heavy atom. The molecule has 4 N–H and O–H groups in total. The maximum atomic E-state index is 11.6. The van der Waals surface area contributed by atoms with Crippen molar-refractivity contribution < 1.29 is 9.59 Å². The Morgan fingerprint density at radius 3 is 2.00 bits per heavy atom. The number of piperidine rings is 1. The molecule has 1 heterocycles. The van der Waals surface area contributed by atoms with E-state index < -0.39 is 11.8 Å². The van der Waals surface area contributed by atoms with E-state index in [1.165, 1.54) is 0 Å². The molecule has 0 spiro atoms. The van der Waals surface area contributed by atoms with Crippen molar-refractivity contribution in [3.05, 3.63) is 0 Å². The molecule has 0 bridgehead atoms. The van der Waals surface area contributed by atoms with Gasteiger partial charge in [-0.15, -0.1) is 0 Å². The van der Waals surface area contributed by atoms with Gasteiger partial charge in [0.05, 0.1) is 0 Å². The molecule has 0 saturated carbocycles. The molecule has 0 aliphatic carbocycles. The third-order valence-electron chi connectivity index (χ3n) is 2.97. The molecule has 1 fully saturated rings. The molecule has 0 aromatic rings. The summed E-state index contributed by atoms with van der Waals surface area (Å²) in [5.41, 5.74) is 4.59. The maximum absolute atomic E-state index is 11.6. The summed E-state index contributed by atoms with van der Waals surface area (Å²) in [4.78, 5) is 23.0. The summed E-state index contributed by atoms with van der Waals surface area (Å²) in [6.45, 7) is 8.39. The maximum Gasteiger partial charge on any atom is 0.323 e. The molecule has 0 radical (unpaired) electrons. The van der Waals surface area contributed by atoms with Crippen LogP contribution in [0.3, 0.4) is 0 Å². The van der Waals surface area contributed by atoms with Gasteiger partial charge in [0.2, 0.25) is 0 Å². The van der Waals surface area contributed by atoms with Crippen molar-refractivity contribution in [2.75, 3.05) is 7.05 Å². The topological polar surface area (TPSA) is 82.3 Å². The van der Waals surface area contributed by atoms with E-state index in [0.29, 0.717) is 0 Å². The predicted octanol–water partition coefficient (Wildman–Crippen LogP) is -0.338. The van der Waals surface area contributed by atoms with Gasteiger partial charge in [-0.1, -0.05) is 0 Å². The van der Waals surface area contributed by atoms with E-state index in [4.69, 9.17) is 0 Å². The van der Waals surface area contributed by atoms with Crippen LogP contribution in [0.25, 0.3) is 0 Å². The van der Waals surface area contributed by atoms with E-state index in [-0.39, 0.29) is 17.1 Å². The number of nitrogens with one attached hydrogen (secondary N) is 4. The van der Waals surface area contributed by atoms with Crippen LogP contribution in [0, 0.1) is 0 Å². The highest BCUT2D eigenvalue weighted by molar-refractivity contribution is 6.35. The van der Waals surface area contributed by atoms with Crippen molar-refractivity contribution in [2.45, 2.75) is 57.7 Å². The molecule has 104 valence electrons. The molecule has 0 atom stereocenters. The van der Waals surface area contributed by atoms with Crippen LogP contribution in [0.4, 0.5) is 0 Å². The second kappa shape index (κ2) is 5.24. The first-order chi connectivity index (χ1) is 8.15. The summed E-state index contributed by atoms with van der Waals surface area (Å²) >= 11 is 0. The standard InChI is InChI=1S/C12H24N4O2/c1-11(2)6-8(7-12(3,4)16-11)14-9(17)10(18)15-13-5/h8,13,16H,6-7H2,1-5H3,(H,14,17)(H,15,18). The smallest absolute Gasteiger partial charge is 0.323 e. The zero-order valence-corrected chi connectivity index (χ0v) is 11.8. The first-order valence-corrected chi connectivity index (χ1v) is 6.22. The van der Waals surface area contributed by atoms with Crippen LogP contribution < -0.4 is 21.5 Å². The van der Waals surface area contributed by atoms with Crippen LogP contribution in [0.15, 0.2) is 0 Å². The van der Waals surface area contributed by atoms with Crippen molar-refractivity contribution >= 4 is 11.8 Å². The summed E-state index contributed by atoms with van der Waals surface area (Å²) in [7, 11) is 1.54. The molecule has 6 nitrogen and oxygen atoms in total. The Bertz CT molecular complexity index is 323. The normalized spacial score (nSPS) is 22.3. The molecule has 2 amide bonds. The van der Waals surface area contributed by atoms with Gasteiger partial charge in [-0.25, -0.2) is 5.43 Å². The molecule has 1 aliphatic rings. The molecule has 0 aromatic carbocycles. The van der Waals surface area contributed by atoms with Gasteiger partial charge < -0.3 is 10.6 Å². The van der Waals surface area contributed by atoms with Gasteiger partial charge in [-0.3, -0.25) is 15.0 Å². The molecule has 1 aliphatic heterocycles. The fraction of sp³-hybridized carbons (Fsp3) is 0.833. The predicted molar refractivity (Wildman–Crippen MR) is 69.7 cm³/mol. The lowest BCUT2D eigenvalue weighted by atomic mass is 9.79. The fourth-order valence-corrected chi connectivity index (χ4v) is 2.85. The zero-order valence-electron chi connectivity index (χ0n) is 11.8. The van der Waals surface area contributed by atoms with Crippen LogP contribution in [0.5, 0.6) is 0 Å². The van der Waals surface area contributed by atoms with Crippen LogP contribution in [0.1, 0.15) is 40.5 Å². The number of rotatable bonds is 2. The van der Waals surface area contributed by atoms with Gasteiger partial charge in [0, 0.05) is 24.2 Å². The summed E-state index contributed by atoms with van der Waals surface area (Å²) < 4.78 is 0. The SMILES string of the molecule is CNNC(=O)C(=O)NC1CC(C)(C)NC(C)(C)C1. The van der Waals surface area contributed by atoms with E-state index in [2.05, 4.69) is 49.2 Å². The Kier molecular flexibility index (Phi) is 4.34. The van der Waals surface area contributed by atoms with E-state index in [9.17, 15) is 9.59 Å². The number of hydrogen-bond acceptors (Lipinski definition) is 4. The lowest BCUT2D eigenvalue weighted by Gasteiger charge is -2.46. The van der Waals surface area contributed by atoms with E-state index in [1.54, 1.807) is 7.05 Å². The summed E-state index contributed by atoms with van der Waals surface area (Å²) in [6.07, 6.45) is 1.60. The largest absolute Gasteiger partial charge is 0.345 e. The Hall–Kier alpha value is -1.14. The Labute approximate surface area is 108 Å². The van der Waals surface area contributed by atoms with Crippen molar-refractivity contribution in [3.63, 3.8) is 0 Å². The van der Waals surface area contributed by atoms with Crippen LogP contribution in [-0.4, -0.2) is 36.0 Å². The van der Waals surface area contributed by atoms with Crippen molar-refractivity contribution in [1.82, 2.24) is 21.5 Å². The molecule has 0 unspecified atom stereocenters. The minimum Gasteiger partial charge on any atom is -0.345 e. The second-order valence-electron chi connectivity index (χ2n) is 6.18. The van der Waals surface area contributed by atoms with E-state index in [0.717, 1.165) is 12.8 Å². The number of amides is 2. The van der Waals surface area contributed by atoms with Crippen LogP contribution in [-0.2, 0) is 9.59 Å². The molecular formula is C12H24N4O2. The first kappa shape index (κ1) is 14.9. The molecule has 1 rings (SSSR count). The Balaban J connectivity index is 2.62. The molecular weight excluding hydrogens is 232 g/mol. The van der Waals surface area contributed by atoms with Crippen molar-refractivity contribution in [2.24, 2.45) is 0 Å². The van der Waals surface area contributed by atoms with Gasteiger partial charge in [0.1, 0.15) is 0 Å². The van der Waals surface area contributed by atoms with Gasteiger partial charge in [-0.05, 0) is 40.5 Å². The third kappa shape index (κ3) is 4.27. The average Bonchev–Trinajstić information content (AvgIpc) is 2.12. The average molecular weight is 256 g/mol. The summed E-state index contributed by atoms with van der Waals surface area (Å²) in [5.74, 6) is -1.26. The monoisotopic (exact) mass is 256 g/mol. The molecule has 0 aromatic heterocycles. The summed E-state index contributed by atoms with van der Waals surface area (Å²) in [5, 5.41) is 6.31. The molecule has 6 heteroatoms. The quantitative estimate of drug-likeness (QED) is 0.402. The first-order valence-electron chi connectivity index (χ1n) is 6.22. The fourth-order valence-electron chi connectivity index (χ4n) is 2.85. The summed E-state index contributed by atoms with van der Waals surface area (Å²) in [6, 6.07) is 0.00589. The third-order valence-corrected chi connectivity index (χ3v) is 2.97. The lowest BCUT2D eigenvalue weighted by Crippen LogP contribution is -2.63. The molecule has 18 heavy (non-hydrogen) atoms. The number of hydrogen-bond donors (Lipinski definition) is 4. The number of hydrazine groups is 1. The van der Waals surface area contributed by atoms with Gasteiger partial charge in [0.15, 0.2) is 0 Å². The van der Waals surface area contributed by atoms with Gasteiger partial charge >= 0.3 is 11.8 Å². The van der Waals surface area contributed by atoms with Gasteiger partial charge in [0.25, 0.3) is 0 Å². The number of carbonyl (C=O) groups is 2. The Morgan fingerprint density at radius 1 is 1.06 bits per heavy atom. The highest BCUT2D eigenvalue weighted by Gasteiger charge is 2.38. The van der Waals surface area contributed by atoms with Crippen molar-refractivity contribution in [1.29, 1.82) is 0 Å². The zero-order chi connectivity index (χ0) is 14.0. The van der Waals surface area contributed by atoms with Gasteiger partial charge in [-0.2, -0.15) is 0 Å². The van der Waals surface area contributed by atoms with Crippen LogP contribution in [0.2, 0.25) is 0 Å². The van der Waals surface area contributed by atoms with Crippen molar-refractivity contribution in [3.8, 4) is 0 Å². The second-order valence-corrected chi connectivity index (χ2v) is 6.18. The highest BCUT2D eigenvalue weighted by atomic mass is 16.2.